The zero-order valence-electron chi connectivity index (χ0n) is 27.9. The number of rotatable bonds is 5. The topological polar surface area (TPSA) is 55.9 Å². The molecule has 0 atom stereocenters. The van der Waals surface area contributed by atoms with Crippen molar-refractivity contribution in [1.29, 1.82) is 0 Å². The molecule has 0 bridgehead atoms. The van der Waals surface area contributed by atoms with E-state index in [1.165, 1.54) is 11.1 Å². The lowest BCUT2D eigenvalue weighted by atomic mass is 9.81. The maximum absolute atomic E-state index is 7.84. The summed E-state index contributed by atoms with van der Waals surface area (Å²) < 4.78 is 0. The molecule has 8 rings (SSSR count). The van der Waals surface area contributed by atoms with Crippen LogP contribution >= 0.6 is 0 Å². The first kappa shape index (κ1) is 30.1. The summed E-state index contributed by atoms with van der Waals surface area (Å²) in [6, 6.07) is 43.6. The summed E-state index contributed by atoms with van der Waals surface area (Å²) in [5.41, 5.74) is 14.0. The number of aromatic nitrogens is 4. The zero-order chi connectivity index (χ0) is 33.7. The molecule has 0 radical (unpaired) electrons. The van der Waals surface area contributed by atoms with Gasteiger partial charge in [-0.3, -0.25) is 4.98 Å². The minimum absolute atomic E-state index is 0.247. The maximum atomic E-state index is 7.84. The van der Waals surface area contributed by atoms with Crippen LogP contribution in [0.2, 0.25) is 0 Å². The van der Waals surface area contributed by atoms with Crippen molar-refractivity contribution in [3.63, 3.8) is 0 Å². The Morgan fingerprint density at radius 3 is 1.71 bits per heavy atom. The first-order valence-electron chi connectivity index (χ1n) is 16.4. The Kier molecular flexibility index (Phi) is 7.23. The normalized spacial score (nSPS) is 12.6. The smallest absolute Gasteiger partial charge is 0.195 e. The maximum Gasteiger partial charge on any atom is 0.195 e. The van der Waals surface area contributed by atoms with Crippen molar-refractivity contribution in [2.24, 2.45) is 0 Å². The molecule has 5 aromatic carbocycles. The van der Waals surface area contributed by atoms with Crippen molar-refractivity contribution in [3.05, 3.63) is 161 Å². The van der Waals surface area contributed by atoms with Gasteiger partial charge in [-0.05, 0) is 83.1 Å². The molecule has 234 valence electrons. The third-order valence-electron chi connectivity index (χ3n) is 9.56. The van der Waals surface area contributed by atoms with Gasteiger partial charge in [0.2, 0.25) is 0 Å². The van der Waals surface area contributed by atoms with Crippen LogP contribution in [0, 0.1) is 20.4 Å². The van der Waals surface area contributed by atoms with Crippen LogP contribution in [0.15, 0.2) is 127 Å². The van der Waals surface area contributed by atoms with E-state index in [-0.39, 0.29) is 5.41 Å². The Morgan fingerprint density at radius 2 is 1.08 bits per heavy atom. The highest BCUT2D eigenvalue weighted by Crippen LogP contribution is 2.53. The predicted octanol–water partition coefficient (Wildman–Crippen LogP) is 11.1. The Balaban J connectivity index is 1.35. The van der Waals surface area contributed by atoms with Crippen LogP contribution in [0.4, 0.5) is 5.69 Å². The molecule has 0 unspecified atom stereocenters. The molecule has 0 aliphatic heterocycles. The number of hydrogen-bond donors (Lipinski definition) is 0. The molecule has 2 aromatic heterocycles. The van der Waals surface area contributed by atoms with Crippen molar-refractivity contribution in [3.8, 4) is 67.5 Å². The van der Waals surface area contributed by atoms with E-state index in [0.29, 0.717) is 23.2 Å². The largest absolute Gasteiger partial charge is 0.258 e. The molecule has 1 aliphatic rings. The minimum Gasteiger partial charge on any atom is -0.258 e. The SMILES string of the molecule is [C-]#[N+]c1cccc2c1-c1ccc(-c3cc(-c4nc(-c5ccccc5)nc(-c5ccccc5)n4)cc(-c4ccc(C)nc4C)c3)cc1C2(C)C. The average molecular weight is 632 g/mol. The van der Waals surface area contributed by atoms with Gasteiger partial charge in [-0.15, -0.1) is 0 Å². The van der Waals surface area contributed by atoms with Crippen LogP contribution in [0.3, 0.4) is 0 Å². The van der Waals surface area contributed by atoms with E-state index in [0.717, 1.165) is 61.5 Å². The van der Waals surface area contributed by atoms with Crippen molar-refractivity contribution in [2.45, 2.75) is 33.1 Å². The van der Waals surface area contributed by atoms with Gasteiger partial charge in [0, 0.05) is 39.1 Å². The molecule has 0 saturated carbocycles. The van der Waals surface area contributed by atoms with E-state index in [1.54, 1.807) is 0 Å². The first-order chi connectivity index (χ1) is 23.8. The molecule has 49 heavy (non-hydrogen) atoms. The van der Waals surface area contributed by atoms with Crippen LogP contribution < -0.4 is 0 Å². The number of pyridine rings is 1. The van der Waals surface area contributed by atoms with Gasteiger partial charge in [0.1, 0.15) is 0 Å². The molecular weight excluding hydrogens is 599 g/mol. The third-order valence-corrected chi connectivity index (χ3v) is 9.56. The molecule has 0 amide bonds. The van der Waals surface area contributed by atoms with Crippen LogP contribution in [-0.4, -0.2) is 19.9 Å². The second-order valence-electron chi connectivity index (χ2n) is 13.1. The molecule has 5 heteroatoms. The Hall–Kier alpha value is -6.25. The molecule has 0 saturated heterocycles. The van der Waals surface area contributed by atoms with Crippen molar-refractivity contribution < 1.29 is 0 Å². The second-order valence-corrected chi connectivity index (χ2v) is 13.1. The van der Waals surface area contributed by atoms with Crippen molar-refractivity contribution >= 4 is 5.69 Å². The minimum atomic E-state index is -0.247. The average Bonchev–Trinajstić information content (AvgIpc) is 3.37. The summed E-state index contributed by atoms with van der Waals surface area (Å²) in [7, 11) is 0. The molecule has 5 nitrogen and oxygen atoms in total. The standard InChI is InChI=1S/C44H33N5/c1-27-19-21-35(28(2)46-27)33-23-32(31-20-22-36-38(26-31)44(3,4)37-17-12-18-39(45-5)40(36)37)24-34(25-33)43-48-41(29-13-8-6-9-14-29)47-42(49-43)30-15-10-7-11-16-30/h6-26H,1-4H3. The Labute approximate surface area is 286 Å². The van der Waals surface area contributed by atoms with E-state index < -0.39 is 0 Å². The summed E-state index contributed by atoms with van der Waals surface area (Å²) in [6.07, 6.45) is 0. The number of aryl methyl sites for hydroxylation is 2. The summed E-state index contributed by atoms with van der Waals surface area (Å²) in [5, 5.41) is 0. The van der Waals surface area contributed by atoms with E-state index in [9.17, 15) is 0 Å². The third kappa shape index (κ3) is 5.28. The lowest BCUT2D eigenvalue weighted by molar-refractivity contribution is 0.661. The van der Waals surface area contributed by atoms with Crippen LogP contribution in [0.25, 0.3) is 72.4 Å². The predicted molar refractivity (Wildman–Crippen MR) is 198 cm³/mol. The number of nitrogens with zero attached hydrogens (tertiary/aromatic N) is 5. The van der Waals surface area contributed by atoms with E-state index >= 15 is 0 Å². The summed E-state index contributed by atoms with van der Waals surface area (Å²) in [6.45, 7) is 16.4. The first-order valence-corrected chi connectivity index (χ1v) is 16.4. The molecule has 2 heterocycles. The molecule has 0 N–H and O–H groups in total. The van der Waals surface area contributed by atoms with Crippen molar-refractivity contribution in [1.82, 2.24) is 19.9 Å². The molecule has 7 aromatic rings. The Morgan fingerprint density at radius 1 is 0.490 bits per heavy atom. The fourth-order valence-electron chi connectivity index (χ4n) is 7.05. The van der Waals surface area contributed by atoms with Gasteiger partial charge < -0.3 is 0 Å². The lowest BCUT2D eigenvalue weighted by Crippen LogP contribution is -2.14. The molecule has 1 aliphatic carbocycles. The van der Waals surface area contributed by atoms with Crippen molar-refractivity contribution in [2.75, 3.05) is 0 Å². The quantitative estimate of drug-likeness (QED) is 0.177. The van der Waals surface area contributed by atoms with Gasteiger partial charge in [-0.1, -0.05) is 111 Å². The van der Waals surface area contributed by atoms with Crippen LogP contribution in [0.1, 0.15) is 36.4 Å². The fraction of sp³-hybridized carbons (Fsp3) is 0.114. The lowest BCUT2D eigenvalue weighted by Gasteiger charge is -2.22. The summed E-state index contributed by atoms with van der Waals surface area (Å²) in [5.74, 6) is 1.85. The van der Waals surface area contributed by atoms with Crippen LogP contribution in [-0.2, 0) is 5.41 Å². The van der Waals surface area contributed by atoms with Crippen LogP contribution in [0.5, 0.6) is 0 Å². The molecule has 0 spiro atoms. The number of hydrogen-bond acceptors (Lipinski definition) is 4. The highest BCUT2D eigenvalue weighted by atomic mass is 15.0. The summed E-state index contributed by atoms with van der Waals surface area (Å²) in [4.78, 5) is 23.7. The van der Waals surface area contributed by atoms with Gasteiger partial charge in [-0.2, -0.15) is 0 Å². The number of benzene rings is 5. The van der Waals surface area contributed by atoms with E-state index in [1.807, 2.05) is 79.7 Å². The highest BCUT2D eigenvalue weighted by molar-refractivity contribution is 5.92. The number of fused-ring (bicyclic) bond motifs is 3. The van der Waals surface area contributed by atoms with Gasteiger partial charge in [0.15, 0.2) is 23.2 Å². The Bertz CT molecular complexity index is 2380. The monoisotopic (exact) mass is 631 g/mol. The van der Waals surface area contributed by atoms with E-state index in [4.69, 9.17) is 26.5 Å². The molecule has 0 fully saturated rings. The fourth-order valence-corrected chi connectivity index (χ4v) is 7.05. The van der Waals surface area contributed by atoms with Gasteiger partial charge in [0.25, 0.3) is 0 Å². The van der Waals surface area contributed by atoms with Gasteiger partial charge in [0.05, 0.1) is 6.57 Å². The van der Waals surface area contributed by atoms with Gasteiger partial charge >= 0.3 is 0 Å². The zero-order valence-corrected chi connectivity index (χ0v) is 27.9. The summed E-state index contributed by atoms with van der Waals surface area (Å²) >= 11 is 0. The van der Waals surface area contributed by atoms with E-state index in [2.05, 4.69) is 80.2 Å². The highest BCUT2D eigenvalue weighted by Gasteiger charge is 2.36. The second kappa shape index (κ2) is 11.8. The van der Waals surface area contributed by atoms with Gasteiger partial charge in [-0.25, -0.2) is 19.8 Å². The molecular formula is C44H33N5.